The Morgan fingerprint density at radius 1 is 1.29 bits per heavy atom. The van der Waals surface area contributed by atoms with Crippen molar-refractivity contribution in [3.05, 3.63) is 23.7 Å². The molecule has 130 valence electrons. The SMILES string of the molecule is Cc1cc(C)c2c(N(C)C[C@H]3CCN(CC(C)C)C3)ncnc2n1. The van der Waals surface area contributed by atoms with Crippen molar-refractivity contribution in [1.82, 2.24) is 19.9 Å². The Kier molecular flexibility index (Phi) is 4.99. The smallest absolute Gasteiger partial charge is 0.165 e. The summed E-state index contributed by atoms with van der Waals surface area (Å²) in [5, 5.41) is 1.09. The molecule has 0 bridgehead atoms. The van der Waals surface area contributed by atoms with E-state index >= 15 is 0 Å². The van der Waals surface area contributed by atoms with Gasteiger partial charge in [-0.15, -0.1) is 0 Å². The number of aromatic nitrogens is 3. The van der Waals surface area contributed by atoms with Crippen molar-refractivity contribution in [2.75, 3.05) is 38.1 Å². The van der Waals surface area contributed by atoms with Gasteiger partial charge in [0.05, 0.1) is 5.39 Å². The number of anilines is 1. The highest BCUT2D eigenvalue weighted by Crippen LogP contribution is 2.27. The van der Waals surface area contributed by atoms with Crippen LogP contribution in [0.4, 0.5) is 5.82 Å². The average Bonchev–Trinajstić information content (AvgIpc) is 2.92. The zero-order valence-corrected chi connectivity index (χ0v) is 15.6. The van der Waals surface area contributed by atoms with Gasteiger partial charge in [-0.1, -0.05) is 13.8 Å². The predicted octanol–water partition coefficient (Wildman–Crippen LogP) is 3.06. The van der Waals surface area contributed by atoms with Crippen LogP contribution in [0.25, 0.3) is 11.0 Å². The lowest BCUT2D eigenvalue weighted by molar-refractivity contribution is 0.288. The summed E-state index contributed by atoms with van der Waals surface area (Å²) in [4.78, 5) is 18.4. The van der Waals surface area contributed by atoms with Crippen LogP contribution in [-0.2, 0) is 0 Å². The first-order valence-corrected chi connectivity index (χ1v) is 8.96. The van der Waals surface area contributed by atoms with Crippen LogP contribution in [0.15, 0.2) is 12.4 Å². The fourth-order valence-electron chi connectivity index (χ4n) is 3.90. The Hall–Kier alpha value is -1.75. The maximum absolute atomic E-state index is 4.57. The van der Waals surface area contributed by atoms with Gasteiger partial charge < -0.3 is 9.80 Å². The van der Waals surface area contributed by atoms with Crippen LogP contribution in [0, 0.1) is 25.7 Å². The topological polar surface area (TPSA) is 45.2 Å². The molecule has 2 aromatic rings. The number of hydrogen-bond acceptors (Lipinski definition) is 5. The van der Waals surface area contributed by atoms with Gasteiger partial charge in [-0.2, -0.15) is 0 Å². The van der Waals surface area contributed by atoms with Gasteiger partial charge in [-0.05, 0) is 50.3 Å². The zero-order valence-electron chi connectivity index (χ0n) is 15.6. The highest BCUT2D eigenvalue weighted by molar-refractivity contribution is 5.89. The fraction of sp³-hybridized carbons (Fsp3) is 0.632. The van der Waals surface area contributed by atoms with E-state index in [1.165, 1.54) is 31.6 Å². The van der Waals surface area contributed by atoms with Crippen LogP contribution in [-0.4, -0.2) is 53.1 Å². The molecule has 24 heavy (non-hydrogen) atoms. The number of rotatable bonds is 5. The number of likely N-dealkylation sites (tertiary alicyclic amines) is 1. The maximum atomic E-state index is 4.57. The van der Waals surface area contributed by atoms with Crippen molar-refractivity contribution in [3.8, 4) is 0 Å². The minimum atomic E-state index is 0.706. The molecule has 0 aromatic carbocycles. The first-order chi connectivity index (χ1) is 11.4. The van der Waals surface area contributed by atoms with Crippen LogP contribution in [0.3, 0.4) is 0 Å². The van der Waals surface area contributed by atoms with Crippen molar-refractivity contribution >= 4 is 16.9 Å². The molecule has 0 spiro atoms. The second kappa shape index (κ2) is 7.01. The van der Waals surface area contributed by atoms with E-state index in [1.54, 1.807) is 6.33 Å². The van der Waals surface area contributed by atoms with E-state index in [1.807, 2.05) is 6.92 Å². The van der Waals surface area contributed by atoms with E-state index in [2.05, 4.69) is 58.6 Å². The first-order valence-electron chi connectivity index (χ1n) is 8.96. The molecule has 2 aromatic heterocycles. The molecule has 3 rings (SSSR count). The van der Waals surface area contributed by atoms with Gasteiger partial charge in [0.25, 0.3) is 0 Å². The Morgan fingerprint density at radius 2 is 2.08 bits per heavy atom. The Morgan fingerprint density at radius 3 is 2.83 bits per heavy atom. The van der Waals surface area contributed by atoms with Gasteiger partial charge in [-0.3, -0.25) is 0 Å². The van der Waals surface area contributed by atoms with Crippen LogP contribution >= 0.6 is 0 Å². The van der Waals surface area contributed by atoms with Gasteiger partial charge in [0, 0.05) is 32.4 Å². The molecule has 1 atom stereocenters. The molecule has 1 saturated heterocycles. The monoisotopic (exact) mass is 327 g/mol. The standard InChI is InChI=1S/C19H29N5/c1-13(2)9-24-7-6-16(11-24)10-23(5)19-17-14(3)8-15(4)22-18(17)20-12-21-19/h8,12-13,16H,6-7,9-11H2,1-5H3/t16-/m1/s1. The second-order valence-corrected chi connectivity index (χ2v) is 7.67. The van der Waals surface area contributed by atoms with Crippen LogP contribution in [0.5, 0.6) is 0 Å². The third kappa shape index (κ3) is 3.66. The largest absolute Gasteiger partial charge is 0.359 e. The Balaban J connectivity index is 1.76. The summed E-state index contributed by atoms with van der Waals surface area (Å²) >= 11 is 0. The van der Waals surface area contributed by atoms with Crippen LogP contribution in [0.2, 0.25) is 0 Å². The van der Waals surface area contributed by atoms with Crippen molar-refractivity contribution in [2.45, 2.75) is 34.1 Å². The van der Waals surface area contributed by atoms with E-state index in [9.17, 15) is 0 Å². The number of hydrogen-bond donors (Lipinski definition) is 0. The van der Waals surface area contributed by atoms with Gasteiger partial charge in [0.2, 0.25) is 0 Å². The molecular formula is C19H29N5. The maximum Gasteiger partial charge on any atom is 0.165 e. The summed E-state index contributed by atoms with van der Waals surface area (Å²) in [5.41, 5.74) is 3.01. The predicted molar refractivity (Wildman–Crippen MR) is 99.5 cm³/mol. The Bertz CT molecular complexity index is 712. The minimum absolute atomic E-state index is 0.706. The van der Waals surface area contributed by atoms with E-state index in [-0.39, 0.29) is 0 Å². The van der Waals surface area contributed by atoms with Gasteiger partial charge in [0.15, 0.2) is 5.65 Å². The lowest BCUT2D eigenvalue weighted by Gasteiger charge is -2.24. The molecule has 1 aliphatic rings. The van der Waals surface area contributed by atoms with Crippen LogP contribution < -0.4 is 4.90 Å². The number of nitrogens with zero attached hydrogens (tertiary/aromatic N) is 5. The van der Waals surface area contributed by atoms with Crippen molar-refractivity contribution < 1.29 is 0 Å². The minimum Gasteiger partial charge on any atom is -0.359 e. The molecule has 0 amide bonds. The third-order valence-electron chi connectivity index (χ3n) is 4.80. The highest BCUT2D eigenvalue weighted by atomic mass is 15.2. The molecular weight excluding hydrogens is 298 g/mol. The van der Waals surface area contributed by atoms with Crippen molar-refractivity contribution in [2.24, 2.45) is 11.8 Å². The number of fused-ring (bicyclic) bond motifs is 1. The number of pyridine rings is 1. The highest BCUT2D eigenvalue weighted by Gasteiger charge is 2.25. The van der Waals surface area contributed by atoms with Crippen molar-refractivity contribution in [1.29, 1.82) is 0 Å². The molecule has 0 N–H and O–H groups in total. The van der Waals surface area contributed by atoms with Crippen LogP contribution in [0.1, 0.15) is 31.5 Å². The Labute approximate surface area is 145 Å². The molecule has 0 unspecified atom stereocenters. The lowest BCUT2D eigenvalue weighted by atomic mass is 10.1. The first kappa shape index (κ1) is 17.1. The molecule has 0 aliphatic carbocycles. The summed E-state index contributed by atoms with van der Waals surface area (Å²) in [6.07, 6.45) is 2.91. The normalized spacial score (nSPS) is 18.7. The molecule has 5 nitrogen and oxygen atoms in total. The molecule has 0 saturated carbocycles. The summed E-state index contributed by atoms with van der Waals surface area (Å²) in [6, 6.07) is 2.11. The second-order valence-electron chi connectivity index (χ2n) is 7.67. The molecule has 0 radical (unpaired) electrons. The molecule has 5 heteroatoms. The summed E-state index contributed by atoms with van der Waals surface area (Å²) in [5.74, 6) is 2.45. The van der Waals surface area contributed by atoms with Gasteiger partial charge in [-0.25, -0.2) is 15.0 Å². The molecule has 1 fully saturated rings. The fourth-order valence-corrected chi connectivity index (χ4v) is 3.90. The van der Waals surface area contributed by atoms with Crippen molar-refractivity contribution in [3.63, 3.8) is 0 Å². The number of aryl methyl sites for hydroxylation is 2. The van der Waals surface area contributed by atoms with Gasteiger partial charge >= 0.3 is 0 Å². The van der Waals surface area contributed by atoms with E-state index in [4.69, 9.17) is 0 Å². The molecule has 1 aliphatic heterocycles. The van der Waals surface area contributed by atoms with E-state index in [0.29, 0.717) is 5.92 Å². The molecule has 3 heterocycles. The van der Waals surface area contributed by atoms with E-state index < -0.39 is 0 Å². The van der Waals surface area contributed by atoms with Gasteiger partial charge in [0.1, 0.15) is 12.1 Å². The lowest BCUT2D eigenvalue weighted by Crippen LogP contribution is -2.30. The summed E-state index contributed by atoms with van der Waals surface area (Å²) in [7, 11) is 2.15. The summed E-state index contributed by atoms with van der Waals surface area (Å²) < 4.78 is 0. The zero-order chi connectivity index (χ0) is 17.3. The van der Waals surface area contributed by atoms with E-state index in [0.717, 1.165) is 35.0 Å². The average molecular weight is 327 g/mol. The quantitative estimate of drug-likeness (QED) is 0.844. The third-order valence-corrected chi connectivity index (χ3v) is 4.80. The summed E-state index contributed by atoms with van der Waals surface area (Å²) in [6.45, 7) is 13.4.